The minimum absolute atomic E-state index is 0.0387. The molecule has 1 aliphatic rings. The normalized spacial score (nSPS) is 15.3. The maximum absolute atomic E-state index is 6.37. The number of hydrogen-bond donors (Lipinski definition) is 1. The summed E-state index contributed by atoms with van der Waals surface area (Å²) >= 11 is 0. The lowest BCUT2D eigenvalue weighted by atomic mass is 9.96. The van der Waals surface area contributed by atoms with E-state index in [0.29, 0.717) is 13.2 Å². The molecule has 1 aliphatic heterocycles. The predicted octanol–water partition coefficient (Wildman–Crippen LogP) is 3.40. The van der Waals surface area contributed by atoms with E-state index in [1.807, 2.05) is 18.2 Å². The highest BCUT2D eigenvalue weighted by atomic mass is 16.5. The molecule has 2 aromatic carbocycles. The Kier molecular flexibility index (Phi) is 4.11. The van der Waals surface area contributed by atoms with Crippen LogP contribution in [0.5, 0.6) is 11.5 Å². The highest BCUT2D eigenvalue weighted by molar-refractivity contribution is 5.44. The lowest BCUT2D eigenvalue weighted by Gasteiger charge is -2.16. The molecule has 0 bridgehead atoms. The van der Waals surface area contributed by atoms with Crippen LogP contribution in [-0.2, 0) is 6.42 Å². The summed E-state index contributed by atoms with van der Waals surface area (Å²) in [6.45, 7) is 3.53. The minimum atomic E-state index is -0.0387. The number of ether oxygens (including phenoxy) is 2. The largest absolute Gasteiger partial charge is 0.490 e. The van der Waals surface area contributed by atoms with Crippen molar-refractivity contribution in [2.45, 2.75) is 25.8 Å². The number of aryl methyl sites for hydroxylation is 1. The third kappa shape index (κ3) is 3.19. The van der Waals surface area contributed by atoms with Gasteiger partial charge in [-0.2, -0.15) is 0 Å². The van der Waals surface area contributed by atoms with Gasteiger partial charge in [-0.15, -0.1) is 0 Å². The quantitative estimate of drug-likeness (QED) is 0.939. The number of fused-ring (bicyclic) bond motifs is 1. The summed E-state index contributed by atoms with van der Waals surface area (Å²) in [6, 6.07) is 14.4. The summed E-state index contributed by atoms with van der Waals surface area (Å²) in [6.07, 6.45) is 1.74. The van der Waals surface area contributed by atoms with Crippen molar-refractivity contribution in [3.8, 4) is 11.5 Å². The fourth-order valence-electron chi connectivity index (χ4n) is 2.60. The summed E-state index contributed by atoms with van der Waals surface area (Å²) in [5.41, 5.74) is 10.0. The van der Waals surface area contributed by atoms with Gasteiger partial charge in [-0.05, 0) is 42.2 Å². The molecular weight excluding hydrogens is 262 g/mol. The molecule has 110 valence electrons. The fourth-order valence-corrected chi connectivity index (χ4v) is 2.60. The summed E-state index contributed by atoms with van der Waals surface area (Å²) in [4.78, 5) is 0. The first-order valence-electron chi connectivity index (χ1n) is 7.43. The standard InChI is InChI=1S/C18H21NO2/c1-13-5-2-3-6-14(13)11-16(19)15-7-8-17-18(12-15)21-10-4-9-20-17/h2-3,5-8,12,16H,4,9-11,19H2,1H3. The van der Waals surface area contributed by atoms with Crippen molar-refractivity contribution in [3.05, 3.63) is 59.2 Å². The third-order valence-corrected chi connectivity index (χ3v) is 3.90. The molecule has 0 saturated heterocycles. The van der Waals surface area contributed by atoms with E-state index in [2.05, 4.69) is 31.2 Å². The van der Waals surface area contributed by atoms with Crippen LogP contribution in [0.2, 0.25) is 0 Å². The molecule has 0 aromatic heterocycles. The Morgan fingerprint density at radius 2 is 1.81 bits per heavy atom. The topological polar surface area (TPSA) is 44.5 Å². The molecule has 1 atom stereocenters. The van der Waals surface area contributed by atoms with Gasteiger partial charge in [0.05, 0.1) is 13.2 Å². The molecule has 3 nitrogen and oxygen atoms in total. The smallest absolute Gasteiger partial charge is 0.161 e. The highest BCUT2D eigenvalue weighted by Gasteiger charge is 2.14. The summed E-state index contributed by atoms with van der Waals surface area (Å²) in [5, 5.41) is 0. The maximum Gasteiger partial charge on any atom is 0.161 e. The molecule has 3 heteroatoms. The van der Waals surface area contributed by atoms with Crippen LogP contribution in [0.15, 0.2) is 42.5 Å². The summed E-state index contributed by atoms with van der Waals surface area (Å²) in [5.74, 6) is 1.63. The number of hydrogen-bond acceptors (Lipinski definition) is 3. The van der Waals surface area contributed by atoms with Crippen LogP contribution in [0.1, 0.15) is 29.2 Å². The van der Waals surface area contributed by atoms with Crippen LogP contribution in [0.4, 0.5) is 0 Å². The molecule has 1 unspecified atom stereocenters. The van der Waals surface area contributed by atoms with Crippen LogP contribution >= 0.6 is 0 Å². The van der Waals surface area contributed by atoms with Gasteiger partial charge >= 0.3 is 0 Å². The average Bonchev–Trinajstić information content (AvgIpc) is 2.74. The van der Waals surface area contributed by atoms with Crippen molar-refractivity contribution in [1.29, 1.82) is 0 Å². The van der Waals surface area contributed by atoms with Crippen molar-refractivity contribution in [2.75, 3.05) is 13.2 Å². The Morgan fingerprint density at radius 3 is 2.62 bits per heavy atom. The average molecular weight is 283 g/mol. The van der Waals surface area contributed by atoms with Crippen LogP contribution in [0, 0.1) is 6.92 Å². The van der Waals surface area contributed by atoms with Gasteiger partial charge in [0.1, 0.15) is 0 Å². The van der Waals surface area contributed by atoms with Gasteiger partial charge in [0.15, 0.2) is 11.5 Å². The Morgan fingerprint density at radius 1 is 1.05 bits per heavy atom. The van der Waals surface area contributed by atoms with Crippen LogP contribution in [-0.4, -0.2) is 13.2 Å². The Labute approximate surface area is 125 Å². The number of benzene rings is 2. The molecule has 3 rings (SSSR count). The van der Waals surface area contributed by atoms with Gasteiger partial charge < -0.3 is 15.2 Å². The monoisotopic (exact) mass is 283 g/mol. The van der Waals surface area contributed by atoms with E-state index in [4.69, 9.17) is 15.2 Å². The van der Waals surface area contributed by atoms with E-state index in [-0.39, 0.29) is 6.04 Å². The zero-order valence-corrected chi connectivity index (χ0v) is 12.3. The fraction of sp³-hybridized carbons (Fsp3) is 0.333. The van der Waals surface area contributed by atoms with Gasteiger partial charge in [0, 0.05) is 12.5 Å². The van der Waals surface area contributed by atoms with Gasteiger partial charge in [-0.3, -0.25) is 0 Å². The Balaban J connectivity index is 1.80. The second-order valence-electron chi connectivity index (χ2n) is 5.49. The van der Waals surface area contributed by atoms with Gasteiger partial charge in [0.2, 0.25) is 0 Å². The Bertz CT molecular complexity index is 624. The molecule has 0 fully saturated rings. The zero-order chi connectivity index (χ0) is 14.7. The molecule has 0 saturated carbocycles. The van der Waals surface area contributed by atoms with Gasteiger partial charge in [-0.25, -0.2) is 0 Å². The first-order valence-corrected chi connectivity index (χ1v) is 7.43. The first kappa shape index (κ1) is 14.0. The first-order chi connectivity index (χ1) is 10.2. The van der Waals surface area contributed by atoms with E-state index >= 15 is 0 Å². The second kappa shape index (κ2) is 6.19. The van der Waals surface area contributed by atoms with E-state index in [0.717, 1.165) is 29.9 Å². The Hall–Kier alpha value is -2.00. The molecule has 1 heterocycles. The van der Waals surface area contributed by atoms with Crippen LogP contribution < -0.4 is 15.2 Å². The second-order valence-corrected chi connectivity index (χ2v) is 5.49. The zero-order valence-electron chi connectivity index (χ0n) is 12.3. The van der Waals surface area contributed by atoms with Crippen molar-refractivity contribution in [2.24, 2.45) is 5.73 Å². The van der Waals surface area contributed by atoms with Crippen molar-refractivity contribution >= 4 is 0 Å². The van der Waals surface area contributed by atoms with E-state index in [9.17, 15) is 0 Å². The molecule has 0 amide bonds. The number of rotatable bonds is 3. The summed E-state index contributed by atoms with van der Waals surface area (Å²) < 4.78 is 11.4. The molecule has 2 aromatic rings. The molecule has 21 heavy (non-hydrogen) atoms. The molecule has 2 N–H and O–H groups in total. The maximum atomic E-state index is 6.37. The third-order valence-electron chi connectivity index (χ3n) is 3.90. The van der Waals surface area contributed by atoms with Crippen molar-refractivity contribution in [3.63, 3.8) is 0 Å². The van der Waals surface area contributed by atoms with Gasteiger partial charge in [-0.1, -0.05) is 30.3 Å². The molecule has 0 aliphatic carbocycles. The van der Waals surface area contributed by atoms with E-state index < -0.39 is 0 Å². The van der Waals surface area contributed by atoms with Crippen LogP contribution in [0.3, 0.4) is 0 Å². The molecular formula is C18H21NO2. The SMILES string of the molecule is Cc1ccccc1CC(N)c1ccc2c(c1)OCCCO2. The number of nitrogens with two attached hydrogens (primary N) is 1. The molecule has 0 radical (unpaired) electrons. The lowest BCUT2D eigenvalue weighted by molar-refractivity contribution is 0.297. The lowest BCUT2D eigenvalue weighted by Crippen LogP contribution is -2.14. The van der Waals surface area contributed by atoms with Gasteiger partial charge in [0.25, 0.3) is 0 Å². The van der Waals surface area contributed by atoms with E-state index in [1.54, 1.807) is 0 Å². The predicted molar refractivity (Wildman–Crippen MR) is 83.9 cm³/mol. The van der Waals surface area contributed by atoms with Crippen molar-refractivity contribution < 1.29 is 9.47 Å². The highest BCUT2D eigenvalue weighted by Crippen LogP contribution is 2.32. The van der Waals surface area contributed by atoms with E-state index in [1.165, 1.54) is 11.1 Å². The molecule has 0 spiro atoms. The summed E-state index contributed by atoms with van der Waals surface area (Å²) in [7, 11) is 0. The van der Waals surface area contributed by atoms with Crippen LogP contribution in [0.25, 0.3) is 0 Å². The van der Waals surface area contributed by atoms with Crippen molar-refractivity contribution in [1.82, 2.24) is 0 Å². The minimum Gasteiger partial charge on any atom is -0.490 e.